The number of aryl methyl sites for hydroxylation is 1. The van der Waals surface area contributed by atoms with Crippen LogP contribution in [0, 0.1) is 0 Å². The summed E-state index contributed by atoms with van der Waals surface area (Å²) < 4.78 is 68.1. The SMILES string of the molecule is CNS(=O)(=O)c1cc(C(=O)NCc2ccccc2OC(F)(F)F)n(C)c1. The molecular weight excluding hydrogens is 375 g/mol. The van der Waals surface area contributed by atoms with Gasteiger partial charge in [-0.15, -0.1) is 13.2 Å². The zero-order valence-corrected chi connectivity index (χ0v) is 14.6. The van der Waals surface area contributed by atoms with Gasteiger partial charge in [-0.1, -0.05) is 18.2 Å². The van der Waals surface area contributed by atoms with E-state index >= 15 is 0 Å². The van der Waals surface area contributed by atoms with E-state index in [2.05, 4.69) is 14.8 Å². The molecule has 142 valence electrons. The van der Waals surface area contributed by atoms with E-state index in [-0.39, 0.29) is 22.7 Å². The Kier molecular flexibility index (Phi) is 5.62. The van der Waals surface area contributed by atoms with Gasteiger partial charge >= 0.3 is 6.36 Å². The minimum Gasteiger partial charge on any atom is -0.405 e. The highest BCUT2D eigenvalue weighted by atomic mass is 32.2. The summed E-state index contributed by atoms with van der Waals surface area (Å²) in [7, 11) is -1.01. The van der Waals surface area contributed by atoms with Gasteiger partial charge in [0.05, 0.1) is 0 Å². The van der Waals surface area contributed by atoms with E-state index in [0.717, 1.165) is 6.07 Å². The Morgan fingerprint density at radius 1 is 1.27 bits per heavy atom. The third-order valence-corrected chi connectivity index (χ3v) is 4.81. The van der Waals surface area contributed by atoms with Crippen molar-refractivity contribution >= 4 is 15.9 Å². The smallest absolute Gasteiger partial charge is 0.405 e. The number of rotatable bonds is 6. The number of hydrogen-bond acceptors (Lipinski definition) is 4. The predicted molar refractivity (Wildman–Crippen MR) is 86.0 cm³/mol. The maximum absolute atomic E-state index is 12.4. The lowest BCUT2D eigenvalue weighted by Gasteiger charge is -2.13. The van der Waals surface area contributed by atoms with Gasteiger partial charge in [0.1, 0.15) is 16.3 Å². The molecule has 11 heteroatoms. The first-order valence-electron chi connectivity index (χ1n) is 7.25. The van der Waals surface area contributed by atoms with Crippen molar-refractivity contribution in [3.63, 3.8) is 0 Å². The summed E-state index contributed by atoms with van der Waals surface area (Å²) in [6, 6.07) is 6.56. The minimum absolute atomic E-state index is 0.0352. The molecule has 1 aromatic carbocycles. The van der Waals surface area contributed by atoms with Crippen LogP contribution >= 0.6 is 0 Å². The Hall–Kier alpha value is -2.53. The lowest BCUT2D eigenvalue weighted by molar-refractivity contribution is -0.274. The quantitative estimate of drug-likeness (QED) is 0.785. The number of ether oxygens (including phenoxy) is 1. The fraction of sp³-hybridized carbons (Fsp3) is 0.267. The largest absolute Gasteiger partial charge is 0.573 e. The molecule has 1 heterocycles. The number of aromatic nitrogens is 1. The van der Waals surface area contributed by atoms with Crippen LogP contribution in [-0.4, -0.2) is 32.3 Å². The van der Waals surface area contributed by atoms with Crippen LogP contribution in [0.1, 0.15) is 16.1 Å². The van der Waals surface area contributed by atoms with Crippen LogP contribution in [0.2, 0.25) is 0 Å². The zero-order chi connectivity index (χ0) is 19.5. The van der Waals surface area contributed by atoms with Crippen molar-refractivity contribution in [2.45, 2.75) is 17.8 Å². The average Bonchev–Trinajstić information content (AvgIpc) is 2.95. The first-order chi connectivity index (χ1) is 12.0. The summed E-state index contributed by atoms with van der Waals surface area (Å²) in [5, 5.41) is 2.44. The first kappa shape index (κ1) is 19.8. The normalized spacial score (nSPS) is 12.0. The van der Waals surface area contributed by atoms with E-state index in [0.29, 0.717) is 0 Å². The molecule has 0 saturated carbocycles. The molecule has 2 aromatic rings. The molecule has 0 unspecified atom stereocenters. The van der Waals surface area contributed by atoms with E-state index in [4.69, 9.17) is 0 Å². The van der Waals surface area contributed by atoms with E-state index in [1.54, 1.807) is 0 Å². The second-order valence-corrected chi connectivity index (χ2v) is 7.10. The molecule has 0 aliphatic heterocycles. The summed E-state index contributed by atoms with van der Waals surface area (Å²) in [5.74, 6) is -1.07. The number of para-hydroxylation sites is 1. The maximum atomic E-state index is 12.4. The Morgan fingerprint density at radius 3 is 2.54 bits per heavy atom. The molecule has 2 N–H and O–H groups in total. The Balaban J connectivity index is 2.16. The third-order valence-electron chi connectivity index (χ3n) is 3.43. The Labute approximate surface area is 147 Å². The number of alkyl halides is 3. The van der Waals surface area contributed by atoms with Gasteiger partial charge in [-0.05, 0) is 19.2 Å². The highest BCUT2D eigenvalue weighted by Gasteiger charge is 2.32. The van der Waals surface area contributed by atoms with Crippen molar-refractivity contribution in [1.29, 1.82) is 0 Å². The molecule has 0 bridgehead atoms. The summed E-state index contributed by atoms with van der Waals surface area (Å²) in [5.41, 5.74) is 0.156. The van der Waals surface area contributed by atoms with Crippen molar-refractivity contribution in [3.05, 3.63) is 47.8 Å². The number of carbonyl (C=O) groups excluding carboxylic acids is 1. The maximum Gasteiger partial charge on any atom is 0.573 e. The minimum atomic E-state index is -4.85. The molecule has 0 saturated heterocycles. The topological polar surface area (TPSA) is 89.4 Å². The zero-order valence-electron chi connectivity index (χ0n) is 13.8. The lowest BCUT2D eigenvalue weighted by atomic mass is 10.2. The molecule has 0 fully saturated rings. The molecular formula is C15H16F3N3O4S. The van der Waals surface area contributed by atoms with Crippen molar-refractivity contribution in [2.75, 3.05) is 7.05 Å². The molecule has 0 aliphatic rings. The second kappa shape index (κ2) is 7.38. The van der Waals surface area contributed by atoms with Gasteiger partial charge in [0.25, 0.3) is 5.91 Å². The van der Waals surface area contributed by atoms with Crippen LogP contribution in [0.4, 0.5) is 13.2 Å². The monoisotopic (exact) mass is 391 g/mol. The van der Waals surface area contributed by atoms with E-state index in [1.807, 2.05) is 0 Å². The van der Waals surface area contributed by atoms with Crippen LogP contribution in [0.3, 0.4) is 0 Å². The van der Waals surface area contributed by atoms with Gasteiger partial charge in [-0.25, -0.2) is 13.1 Å². The third kappa shape index (κ3) is 4.76. The summed E-state index contributed by atoms with van der Waals surface area (Å²) in [4.78, 5) is 12.2. The molecule has 0 aliphatic carbocycles. The molecule has 0 radical (unpaired) electrons. The number of benzene rings is 1. The van der Waals surface area contributed by atoms with Gasteiger partial charge < -0.3 is 14.6 Å². The Morgan fingerprint density at radius 2 is 1.92 bits per heavy atom. The fourth-order valence-electron chi connectivity index (χ4n) is 2.16. The van der Waals surface area contributed by atoms with Crippen LogP contribution in [0.5, 0.6) is 5.75 Å². The molecule has 1 amide bonds. The number of amides is 1. The van der Waals surface area contributed by atoms with Gasteiger partial charge in [-0.2, -0.15) is 0 Å². The lowest BCUT2D eigenvalue weighted by Crippen LogP contribution is -2.26. The van der Waals surface area contributed by atoms with Gasteiger partial charge in [0.2, 0.25) is 10.0 Å². The number of nitrogens with zero attached hydrogens (tertiary/aromatic N) is 1. The second-order valence-electron chi connectivity index (χ2n) is 5.22. The highest BCUT2D eigenvalue weighted by molar-refractivity contribution is 7.89. The van der Waals surface area contributed by atoms with E-state index < -0.39 is 28.0 Å². The van der Waals surface area contributed by atoms with Crippen molar-refractivity contribution in [2.24, 2.45) is 7.05 Å². The first-order valence-corrected chi connectivity index (χ1v) is 8.73. The number of hydrogen-bond donors (Lipinski definition) is 2. The van der Waals surface area contributed by atoms with Crippen molar-refractivity contribution in [3.8, 4) is 5.75 Å². The van der Waals surface area contributed by atoms with Crippen LogP contribution in [0.25, 0.3) is 0 Å². The van der Waals surface area contributed by atoms with Gasteiger partial charge in [0, 0.05) is 25.4 Å². The average molecular weight is 391 g/mol. The standard InChI is InChI=1S/C15H16F3N3O4S/c1-19-26(23,24)11-7-12(21(2)9-11)14(22)20-8-10-5-3-4-6-13(10)25-15(16,17)18/h3-7,9,19H,8H2,1-2H3,(H,20,22). The van der Waals surface area contributed by atoms with Crippen LogP contribution in [-0.2, 0) is 23.6 Å². The van der Waals surface area contributed by atoms with E-state index in [1.165, 1.54) is 49.1 Å². The van der Waals surface area contributed by atoms with Crippen LogP contribution < -0.4 is 14.8 Å². The number of halogens is 3. The van der Waals surface area contributed by atoms with Gasteiger partial charge in [-0.3, -0.25) is 4.79 Å². The van der Waals surface area contributed by atoms with Crippen molar-refractivity contribution < 1.29 is 31.1 Å². The van der Waals surface area contributed by atoms with Gasteiger partial charge in [0.15, 0.2) is 0 Å². The molecule has 2 rings (SSSR count). The molecule has 0 atom stereocenters. The fourth-order valence-corrected chi connectivity index (χ4v) is 2.96. The van der Waals surface area contributed by atoms with E-state index in [9.17, 15) is 26.4 Å². The highest BCUT2D eigenvalue weighted by Crippen LogP contribution is 2.26. The summed E-state index contributed by atoms with van der Waals surface area (Å²) in [6.45, 7) is -0.232. The predicted octanol–water partition coefficient (Wildman–Crippen LogP) is 1.76. The Bertz CT molecular complexity index is 907. The molecule has 7 nitrogen and oxygen atoms in total. The number of nitrogens with one attached hydrogen (secondary N) is 2. The molecule has 26 heavy (non-hydrogen) atoms. The van der Waals surface area contributed by atoms with Crippen molar-refractivity contribution in [1.82, 2.24) is 14.6 Å². The number of sulfonamides is 1. The number of carbonyl (C=O) groups is 1. The molecule has 1 aromatic heterocycles. The van der Waals surface area contributed by atoms with Crippen LogP contribution in [0.15, 0.2) is 41.4 Å². The summed E-state index contributed by atoms with van der Waals surface area (Å²) >= 11 is 0. The molecule has 0 spiro atoms. The summed E-state index contributed by atoms with van der Waals surface area (Å²) in [6.07, 6.45) is -3.60.